The summed E-state index contributed by atoms with van der Waals surface area (Å²) in [7, 11) is 0. The molecule has 0 fully saturated rings. The van der Waals surface area contributed by atoms with Crippen LogP contribution in [0.1, 0.15) is 0 Å². The van der Waals surface area contributed by atoms with Gasteiger partial charge in [0.15, 0.2) is 0 Å². The molecule has 4 nitrogen and oxygen atoms in total. The Morgan fingerprint density at radius 2 is 1.67 bits per heavy atom. The smallest absolute Gasteiger partial charge is 0.323 e. The molecule has 0 radical (unpaired) electrons. The summed E-state index contributed by atoms with van der Waals surface area (Å²) in [5.41, 5.74) is 1.05. The maximum atomic E-state index is 11.2. The maximum absolute atomic E-state index is 11.2. The van der Waals surface area contributed by atoms with Crippen molar-refractivity contribution in [3.8, 4) is 11.5 Å². The van der Waals surface area contributed by atoms with E-state index in [0.717, 1.165) is 0 Å². The van der Waals surface area contributed by atoms with E-state index in [2.05, 4.69) is 9.97 Å². The van der Waals surface area contributed by atoms with Crippen molar-refractivity contribution >= 4 is 22.6 Å². The predicted molar refractivity (Wildman–Crippen MR) is 70.4 cm³/mol. The fraction of sp³-hybridized carbons (Fsp3) is 0. The number of benzene rings is 2. The molecule has 2 N–H and O–H groups in total. The van der Waals surface area contributed by atoms with Gasteiger partial charge in [-0.2, -0.15) is 0 Å². The van der Waals surface area contributed by atoms with E-state index in [1.807, 2.05) is 30.3 Å². The molecule has 0 bridgehead atoms. The van der Waals surface area contributed by atoms with Gasteiger partial charge in [-0.1, -0.05) is 29.8 Å². The Bertz CT molecular complexity index is 747. The van der Waals surface area contributed by atoms with Gasteiger partial charge in [0.1, 0.15) is 11.5 Å². The number of halogens is 1. The molecule has 0 atom stereocenters. The summed E-state index contributed by atoms with van der Waals surface area (Å²) in [5, 5.41) is 0.446. The van der Waals surface area contributed by atoms with E-state index in [-0.39, 0.29) is 5.69 Å². The van der Waals surface area contributed by atoms with Crippen LogP contribution in [-0.4, -0.2) is 9.97 Å². The number of aromatic nitrogens is 2. The van der Waals surface area contributed by atoms with Gasteiger partial charge in [-0.25, -0.2) is 4.79 Å². The highest BCUT2D eigenvalue weighted by Crippen LogP contribution is 2.31. The second-order valence-electron chi connectivity index (χ2n) is 3.82. The molecule has 1 heterocycles. The molecule has 0 saturated carbocycles. The first-order chi connectivity index (χ1) is 8.72. The molecule has 3 rings (SSSR count). The second kappa shape index (κ2) is 4.23. The summed E-state index contributed by atoms with van der Waals surface area (Å²) in [6.45, 7) is 0. The number of H-pyrrole nitrogens is 2. The van der Waals surface area contributed by atoms with Crippen molar-refractivity contribution in [3.05, 3.63) is 58.0 Å². The molecule has 0 unspecified atom stereocenters. The minimum absolute atomic E-state index is 0.266. The predicted octanol–water partition coefficient (Wildman–Crippen LogP) is 3.30. The molecule has 18 heavy (non-hydrogen) atoms. The lowest BCUT2D eigenvalue weighted by molar-refractivity contribution is 0.483. The molecular weight excluding hydrogens is 252 g/mol. The van der Waals surface area contributed by atoms with E-state index in [1.54, 1.807) is 12.1 Å². The van der Waals surface area contributed by atoms with Crippen LogP contribution in [0.4, 0.5) is 0 Å². The van der Waals surface area contributed by atoms with E-state index in [0.29, 0.717) is 27.6 Å². The molecule has 0 aliphatic rings. The lowest BCUT2D eigenvalue weighted by Crippen LogP contribution is -1.99. The normalized spacial score (nSPS) is 10.7. The number of para-hydroxylation sites is 1. The van der Waals surface area contributed by atoms with E-state index in [4.69, 9.17) is 16.3 Å². The lowest BCUT2D eigenvalue weighted by atomic mass is 10.3. The van der Waals surface area contributed by atoms with Crippen molar-refractivity contribution in [3.63, 3.8) is 0 Å². The number of fused-ring (bicyclic) bond motifs is 1. The molecule has 0 spiro atoms. The van der Waals surface area contributed by atoms with Crippen LogP contribution in [0.15, 0.2) is 47.3 Å². The summed E-state index contributed by atoms with van der Waals surface area (Å²) in [5.74, 6) is 1.20. The van der Waals surface area contributed by atoms with Crippen LogP contribution < -0.4 is 10.4 Å². The van der Waals surface area contributed by atoms with Gasteiger partial charge in [0, 0.05) is 6.07 Å². The fourth-order valence-corrected chi connectivity index (χ4v) is 1.93. The fourth-order valence-electron chi connectivity index (χ4n) is 1.73. The Kier molecular flexibility index (Phi) is 2.57. The van der Waals surface area contributed by atoms with Gasteiger partial charge in [-0.05, 0) is 18.2 Å². The Balaban J connectivity index is 2.06. The average Bonchev–Trinajstić information content (AvgIpc) is 2.70. The highest BCUT2D eigenvalue weighted by Gasteiger charge is 2.07. The van der Waals surface area contributed by atoms with Gasteiger partial charge >= 0.3 is 5.69 Å². The average molecular weight is 261 g/mol. The Hall–Kier alpha value is -2.20. The van der Waals surface area contributed by atoms with E-state index in [9.17, 15) is 4.79 Å². The molecule has 90 valence electrons. The first-order valence-electron chi connectivity index (χ1n) is 5.37. The molecule has 1 aromatic heterocycles. The van der Waals surface area contributed by atoms with Crippen molar-refractivity contribution in [2.75, 3.05) is 0 Å². The zero-order valence-electron chi connectivity index (χ0n) is 9.24. The summed E-state index contributed by atoms with van der Waals surface area (Å²) < 4.78 is 5.66. The summed E-state index contributed by atoms with van der Waals surface area (Å²) in [6.07, 6.45) is 0. The molecule has 0 amide bonds. The highest BCUT2D eigenvalue weighted by molar-refractivity contribution is 6.32. The molecule has 5 heteroatoms. The van der Waals surface area contributed by atoms with Crippen LogP contribution in [0.2, 0.25) is 5.02 Å². The monoisotopic (exact) mass is 260 g/mol. The zero-order valence-corrected chi connectivity index (χ0v) is 9.99. The largest absolute Gasteiger partial charge is 0.456 e. The van der Waals surface area contributed by atoms with Crippen LogP contribution in [0.25, 0.3) is 11.0 Å². The number of nitrogens with one attached hydrogen (secondary N) is 2. The van der Waals surface area contributed by atoms with Crippen LogP contribution in [0, 0.1) is 0 Å². The van der Waals surface area contributed by atoms with Gasteiger partial charge in [0.05, 0.1) is 16.1 Å². The summed E-state index contributed by atoms with van der Waals surface area (Å²) in [6, 6.07) is 12.7. The van der Waals surface area contributed by atoms with Crippen LogP contribution in [-0.2, 0) is 0 Å². The Labute approximate surface area is 107 Å². The second-order valence-corrected chi connectivity index (χ2v) is 4.23. The Morgan fingerprint density at radius 3 is 2.39 bits per heavy atom. The molecule has 0 aliphatic carbocycles. The van der Waals surface area contributed by atoms with Crippen LogP contribution >= 0.6 is 11.6 Å². The van der Waals surface area contributed by atoms with Crippen LogP contribution in [0.5, 0.6) is 11.5 Å². The highest BCUT2D eigenvalue weighted by atomic mass is 35.5. The quantitative estimate of drug-likeness (QED) is 0.743. The number of hydrogen-bond donors (Lipinski definition) is 2. The number of imidazole rings is 1. The van der Waals surface area contributed by atoms with Crippen molar-refractivity contribution in [1.82, 2.24) is 9.97 Å². The zero-order chi connectivity index (χ0) is 12.5. The van der Waals surface area contributed by atoms with Gasteiger partial charge < -0.3 is 14.7 Å². The number of hydrogen-bond acceptors (Lipinski definition) is 2. The number of rotatable bonds is 2. The third-order valence-electron chi connectivity index (χ3n) is 2.54. The van der Waals surface area contributed by atoms with E-state index < -0.39 is 0 Å². The van der Waals surface area contributed by atoms with Crippen LogP contribution in [0.3, 0.4) is 0 Å². The molecule has 3 aromatic rings. The van der Waals surface area contributed by atoms with Crippen molar-refractivity contribution in [2.24, 2.45) is 0 Å². The Morgan fingerprint density at radius 1 is 1.00 bits per heavy atom. The summed E-state index contributed by atoms with van der Waals surface area (Å²) in [4.78, 5) is 16.5. The van der Waals surface area contributed by atoms with Gasteiger partial charge in [0.25, 0.3) is 0 Å². The molecule has 2 aromatic carbocycles. The van der Waals surface area contributed by atoms with Crippen molar-refractivity contribution < 1.29 is 4.74 Å². The van der Waals surface area contributed by atoms with Crippen molar-refractivity contribution in [1.29, 1.82) is 0 Å². The maximum Gasteiger partial charge on any atom is 0.323 e. The third kappa shape index (κ3) is 1.98. The van der Waals surface area contributed by atoms with Crippen molar-refractivity contribution in [2.45, 2.75) is 0 Å². The molecular formula is C13H9ClN2O2. The summed E-state index contributed by atoms with van der Waals surface area (Å²) >= 11 is 6.10. The first kappa shape index (κ1) is 10.9. The third-order valence-corrected chi connectivity index (χ3v) is 2.83. The molecule has 0 saturated heterocycles. The van der Waals surface area contributed by atoms with E-state index in [1.165, 1.54) is 0 Å². The topological polar surface area (TPSA) is 57.9 Å². The SMILES string of the molecule is O=c1[nH]c2cc(Cl)c(Oc3ccccc3)cc2[nH]1. The van der Waals surface area contributed by atoms with Gasteiger partial charge in [-0.15, -0.1) is 0 Å². The lowest BCUT2D eigenvalue weighted by Gasteiger charge is -2.07. The standard InChI is InChI=1S/C13H9ClN2O2/c14-9-6-10-11(16-13(17)15-10)7-12(9)18-8-4-2-1-3-5-8/h1-7H,(H2,15,16,17). The van der Waals surface area contributed by atoms with Gasteiger partial charge in [0.2, 0.25) is 0 Å². The number of ether oxygens (including phenoxy) is 1. The minimum atomic E-state index is -0.266. The first-order valence-corrected chi connectivity index (χ1v) is 5.74. The minimum Gasteiger partial charge on any atom is -0.456 e. The number of aromatic amines is 2. The molecule has 0 aliphatic heterocycles. The van der Waals surface area contributed by atoms with E-state index >= 15 is 0 Å². The van der Waals surface area contributed by atoms with Gasteiger partial charge in [-0.3, -0.25) is 0 Å².